The molecule has 80 valence electrons. The first kappa shape index (κ1) is 11.8. The molecule has 0 unspecified atom stereocenters. The summed E-state index contributed by atoms with van der Waals surface area (Å²) in [7, 11) is 1.64. The zero-order valence-corrected chi connectivity index (χ0v) is 11.5. The van der Waals surface area contributed by atoms with Crippen molar-refractivity contribution in [3.05, 3.63) is 29.8 Å². The summed E-state index contributed by atoms with van der Waals surface area (Å²) in [6.07, 6.45) is 2.67. The zero-order valence-electron chi connectivity index (χ0n) is 8.48. The van der Waals surface area contributed by atoms with Gasteiger partial charge in [0.25, 0.3) is 0 Å². The fraction of sp³-hybridized carbons (Fsp3) is 0.400. The molecule has 1 aliphatic carbocycles. The fourth-order valence-electron chi connectivity index (χ4n) is 1.37. The standard InChI is InChI=1S/C10H12BIO2S/c1-13-11(12)14-15-10-4-2-3-9(7-10)8-5-6-8/h2-4,7-8H,5-6H2,1H3. The molecule has 0 aliphatic heterocycles. The molecule has 1 aliphatic rings. The minimum atomic E-state index is -0.197. The summed E-state index contributed by atoms with van der Waals surface area (Å²) in [6, 6.07) is 8.56. The van der Waals surface area contributed by atoms with Crippen molar-refractivity contribution in [3.63, 3.8) is 0 Å². The molecular formula is C10H12BIO2S. The molecule has 2 rings (SSSR count). The monoisotopic (exact) mass is 334 g/mol. The van der Waals surface area contributed by atoms with Crippen LogP contribution in [0, 0.1) is 0 Å². The van der Waals surface area contributed by atoms with Crippen molar-refractivity contribution in [2.24, 2.45) is 0 Å². The number of halogens is 1. The Balaban J connectivity index is 1.92. The quantitative estimate of drug-likeness (QED) is 0.465. The Labute approximate surface area is 108 Å². The van der Waals surface area contributed by atoms with E-state index in [0.717, 1.165) is 10.8 Å². The molecule has 0 heterocycles. The van der Waals surface area contributed by atoms with Crippen LogP contribution in [0.25, 0.3) is 0 Å². The lowest BCUT2D eigenvalue weighted by Crippen LogP contribution is -2.07. The highest BCUT2D eigenvalue weighted by atomic mass is 127. The Bertz CT molecular complexity index is 333. The van der Waals surface area contributed by atoms with Crippen LogP contribution in [-0.4, -0.2) is 12.1 Å². The van der Waals surface area contributed by atoms with Crippen molar-refractivity contribution in [1.29, 1.82) is 0 Å². The summed E-state index contributed by atoms with van der Waals surface area (Å²) < 4.78 is 10.4. The van der Waals surface area contributed by atoms with Gasteiger partial charge in [-0.25, -0.2) is 0 Å². The smallest absolute Gasteiger partial charge is 0.405 e. The molecule has 0 bridgehead atoms. The summed E-state index contributed by atoms with van der Waals surface area (Å²) in [5, 5.41) is 0. The molecule has 0 saturated heterocycles. The highest BCUT2D eigenvalue weighted by molar-refractivity contribution is 14.1. The van der Waals surface area contributed by atoms with Crippen LogP contribution in [0.5, 0.6) is 0 Å². The van der Waals surface area contributed by atoms with Gasteiger partial charge in [-0.3, -0.25) is 0 Å². The largest absolute Gasteiger partial charge is 0.543 e. The molecule has 0 spiro atoms. The first-order valence-corrected chi connectivity index (χ1v) is 6.88. The van der Waals surface area contributed by atoms with Gasteiger partial charge in [-0.2, -0.15) is 0 Å². The topological polar surface area (TPSA) is 18.5 Å². The Morgan fingerprint density at radius 1 is 1.47 bits per heavy atom. The molecule has 0 radical (unpaired) electrons. The maximum atomic E-state index is 5.41. The lowest BCUT2D eigenvalue weighted by atomic mass is 10.1. The lowest BCUT2D eigenvalue weighted by molar-refractivity contribution is 0.379. The van der Waals surface area contributed by atoms with E-state index in [0.29, 0.717) is 0 Å². The first-order valence-electron chi connectivity index (χ1n) is 4.90. The van der Waals surface area contributed by atoms with Gasteiger partial charge < -0.3 is 8.75 Å². The minimum absolute atomic E-state index is 0.197. The van der Waals surface area contributed by atoms with Crippen LogP contribution in [-0.2, 0) is 8.75 Å². The first-order chi connectivity index (χ1) is 7.29. The normalized spacial score (nSPS) is 15.3. The third-order valence-electron chi connectivity index (χ3n) is 2.31. The highest BCUT2D eigenvalue weighted by Crippen LogP contribution is 2.41. The Kier molecular flexibility index (Phi) is 4.36. The van der Waals surface area contributed by atoms with Gasteiger partial charge in [0, 0.05) is 24.0 Å². The summed E-state index contributed by atoms with van der Waals surface area (Å²) in [6.45, 7) is 0. The molecule has 0 aromatic heterocycles. The Morgan fingerprint density at radius 3 is 2.93 bits per heavy atom. The second-order valence-corrected chi connectivity index (χ2v) is 5.38. The van der Waals surface area contributed by atoms with Crippen molar-refractivity contribution in [2.45, 2.75) is 23.7 Å². The van der Waals surface area contributed by atoms with Gasteiger partial charge in [-0.05, 0) is 36.5 Å². The van der Waals surface area contributed by atoms with E-state index in [1.165, 1.54) is 30.4 Å². The molecule has 1 saturated carbocycles. The van der Waals surface area contributed by atoms with Gasteiger partial charge in [0.15, 0.2) is 0 Å². The van der Waals surface area contributed by atoms with E-state index in [1.54, 1.807) is 7.11 Å². The van der Waals surface area contributed by atoms with E-state index < -0.39 is 0 Å². The lowest BCUT2D eigenvalue weighted by Gasteiger charge is -2.05. The van der Waals surface area contributed by atoms with Crippen LogP contribution in [0.15, 0.2) is 29.2 Å². The molecular weight excluding hydrogens is 322 g/mol. The van der Waals surface area contributed by atoms with Crippen molar-refractivity contribution in [2.75, 3.05) is 7.11 Å². The van der Waals surface area contributed by atoms with Crippen molar-refractivity contribution < 1.29 is 8.75 Å². The van der Waals surface area contributed by atoms with Crippen LogP contribution >= 0.6 is 34.4 Å². The minimum Gasteiger partial charge on any atom is -0.405 e. The van der Waals surface area contributed by atoms with Crippen molar-refractivity contribution in [1.82, 2.24) is 0 Å². The fourth-order valence-corrected chi connectivity index (χ4v) is 2.26. The van der Waals surface area contributed by atoms with Crippen LogP contribution in [0.2, 0.25) is 0 Å². The van der Waals surface area contributed by atoms with Gasteiger partial charge in [0.1, 0.15) is 0 Å². The third-order valence-corrected chi connectivity index (χ3v) is 4.14. The van der Waals surface area contributed by atoms with Crippen molar-refractivity contribution >= 4 is 39.4 Å². The average molecular weight is 334 g/mol. The molecule has 1 aromatic carbocycles. The third kappa shape index (κ3) is 3.66. The molecule has 0 atom stereocenters. The van der Waals surface area contributed by atoms with Gasteiger partial charge in [0.2, 0.25) is 0 Å². The number of hydrogen-bond acceptors (Lipinski definition) is 3. The maximum absolute atomic E-state index is 5.41. The molecule has 5 heteroatoms. The van der Waals surface area contributed by atoms with E-state index in [4.69, 9.17) is 8.75 Å². The van der Waals surface area contributed by atoms with Gasteiger partial charge in [0.05, 0.1) is 0 Å². The van der Waals surface area contributed by atoms with Gasteiger partial charge in [-0.1, -0.05) is 34.5 Å². The molecule has 1 fully saturated rings. The average Bonchev–Trinajstić information content (AvgIpc) is 3.10. The predicted molar refractivity (Wildman–Crippen MR) is 72.1 cm³/mol. The second kappa shape index (κ2) is 5.56. The van der Waals surface area contributed by atoms with E-state index in [9.17, 15) is 0 Å². The van der Waals surface area contributed by atoms with E-state index >= 15 is 0 Å². The summed E-state index contributed by atoms with van der Waals surface area (Å²) in [5.41, 5.74) is 1.44. The van der Waals surface area contributed by atoms with Gasteiger partial charge in [-0.15, -0.1) is 0 Å². The van der Waals surface area contributed by atoms with Gasteiger partial charge >= 0.3 is 4.97 Å². The maximum Gasteiger partial charge on any atom is 0.543 e. The highest BCUT2D eigenvalue weighted by Gasteiger charge is 2.23. The molecule has 2 nitrogen and oxygen atoms in total. The Hall–Kier alpha value is 0.285. The number of benzene rings is 1. The molecule has 1 aromatic rings. The van der Waals surface area contributed by atoms with E-state index in [1.807, 2.05) is 0 Å². The predicted octanol–water partition coefficient (Wildman–Crippen LogP) is 3.65. The number of rotatable bonds is 5. The van der Waals surface area contributed by atoms with E-state index in [2.05, 4.69) is 46.6 Å². The number of hydrogen-bond donors (Lipinski definition) is 0. The molecule has 0 amide bonds. The molecule has 15 heavy (non-hydrogen) atoms. The van der Waals surface area contributed by atoms with E-state index in [-0.39, 0.29) is 4.97 Å². The summed E-state index contributed by atoms with van der Waals surface area (Å²) in [4.78, 5) is 0.954. The molecule has 0 N–H and O–H groups in total. The zero-order chi connectivity index (χ0) is 10.7. The van der Waals surface area contributed by atoms with Crippen LogP contribution in [0.1, 0.15) is 24.3 Å². The van der Waals surface area contributed by atoms with Crippen LogP contribution < -0.4 is 0 Å². The summed E-state index contributed by atoms with van der Waals surface area (Å²) in [5.74, 6) is 0.795. The SMILES string of the molecule is COB(I)OSc1cccc(C2CC2)c1. The van der Waals surface area contributed by atoms with Crippen molar-refractivity contribution in [3.8, 4) is 0 Å². The van der Waals surface area contributed by atoms with Crippen LogP contribution in [0.3, 0.4) is 0 Å². The van der Waals surface area contributed by atoms with Crippen LogP contribution in [0.4, 0.5) is 0 Å². The second-order valence-electron chi connectivity index (χ2n) is 3.54. The summed E-state index contributed by atoms with van der Waals surface area (Å²) >= 11 is 3.48. The Morgan fingerprint density at radius 2 is 2.27 bits per heavy atom.